The highest BCUT2D eigenvalue weighted by molar-refractivity contribution is 6.10. The van der Waals surface area contributed by atoms with Gasteiger partial charge in [-0.05, 0) is 48.4 Å². The first kappa shape index (κ1) is 19.2. The van der Waals surface area contributed by atoms with E-state index in [-0.39, 0.29) is 27.9 Å². The molecule has 2 heterocycles. The quantitative estimate of drug-likeness (QED) is 0.450. The van der Waals surface area contributed by atoms with Gasteiger partial charge in [-0.2, -0.15) is 0 Å². The molecule has 4 nitrogen and oxygen atoms in total. The standard InChI is InChI=1S/C25H17F2NO3/c1-2-14-7-10-16(11-8-14)28-22(17-5-3-4-6-19(17)27)21-23(29)18-13-15(26)9-12-20(18)31-24(21)25(28)30/h3-13,22H,2H2,1H3. The number of amides is 1. The molecule has 6 heteroatoms. The number of halogens is 2. The Labute approximate surface area is 176 Å². The van der Waals surface area contributed by atoms with Crippen LogP contribution in [0.5, 0.6) is 0 Å². The predicted octanol–water partition coefficient (Wildman–Crippen LogP) is 5.38. The molecule has 0 saturated heterocycles. The van der Waals surface area contributed by atoms with Crippen LogP contribution in [-0.4, -0.2) is 5.91 Å². The Bertz CT molecular complexity index is 1390. The number of anilines is 1. The number of hydrogen-bond donors (Lipinski definition) is 0. The lowest BCUT2D eigenvalue weighted by molar-refractivity contribution is 0.0971. The van der Waals surface area contributed by atoms with Crippen molar-refractivity contribution in [3.05, 3.63) is 111 Å². The third-order valence-corrected chi connectivity index (χ3v) is 5.65. The summed E-state index contributed by atoms with van der Waals surface area (Å²) in [6, 6.07) is 15.8. The van der Waals surface area contributed by atoms with Crippen LogP contribution < -0.4 is 10.3 Å². The van der Waals surface area contributed by atoms with Gasteiger partial charge < -0.3 is 4.42 Å². The van der Waals surface area contributed by atoms with Gasteiger partial charge in [0.25, 0.3) is 5.91 Å². The van der Waals surface area contributed by atoms with Crippen LogP contribution in [0.25, 0.3) is 11.0 Å². The maximum atomic E-state index is 14.8. The van der Waals surface area contributed by atoms with Crippen molar-refractivity contribution in [1.29, 1.82) is 0 Å². The second-order valence-electron chi connectivity index (χ2n) is 7.43. The highest BCUT2D eigenvalue weighted by atomic mass is 19.1. The zero-order valence-corrected chi connectivity index (χ0v) is 16.6. The molecule has 0 bridgehead atoms. The number of hydrogen-bond acceptors (Lipinski definition) is 3. The van der Waals surface area contributed by atoms with Crippen molar-refractivity contribution in [2.75, 3.05) is 4.90 Å². The van der Waals surface area contributed by atoms with Crippen LogP contribution in [-0.2, 0) is 6.42 Å². The van der Waals surface area contributed by atoms with E-state index in [0.29, 0.717) is 5.69 Å². The molecular formula is C25H17F2NO3. The molecule has 1 unspecified atom stereocenters. The lowest BCUT2D eigenvalue weighted by atomic mass is 9.97. The Morgan fingerprint density at radius 1 is 0.968 bits per heavy atom. The minimum Gasteiger partial charge on any atom is -0.450 e. The van der Waals surface area contributed by atoms with Gasteiger partial charge in [-0.3, -0.25) is 14.5 Å². The molecule has 3 aromatic carbocycles. The van der Waals surface area contributed by atoms with Crippen LogP contribution in [0.15, 0.2) is 75.9 Å². The minimum absolute atomic E-state index is 0.00719. The monoisotopic (exact) mass is 417 g/mol. The number of nitrogens with zero attached hydrogens (tertiary/aromatic N) is 1. The number of carbonyl (C=O) groups is 1. The third kappa shape index (κ3) is 2.94. The number of fused-ring (bicyclic) bond motifs is 2. The molecule has 1 amide bonds. The minimum atomic E-state index is -1.03. The van der Waals surface area contributed by atoms with Gasteiger partial charge in [-0.1, -0.05) is 37.3 Å². The Balaban J connectivity index is 1.81. The van der Waals surface area contributed by atoms with Crippen molar-refractivity contribution in [3.63, 3.8) is 0 Å². The Kier molecular flexibility index (Phi) is 4.43. The molecule has 0 aliphatic carbocycles. The van der Waals surface area contributed by atoms with Gasteiger partial charge >= 0.3 is 0 Å². The fourth-order valence-corrected chi connectivity index (χ4v) is 4.09. The largest absolute Gasteiger partial charge is 0.450 e. The van der Waals surface area contributed by atoms with E-state index in [2.05, 4.69) is 0 Å². The molecule has 0 saturated carbocycles. The van der Waals surface area contributed by atoms with Gasteiger partial charge in [0, 0.05) is 11.3 Å². The number of rotatable bonds is 3. The average Bonchev–Trinajstić information content (AvgIpc) is 3.07. The number of carbonyl (C=O) groups excluding carboxylic acids is 1. The van der Waals surface area contributed by atoms with Crippen LogP contribution in [0.3, 0.4) is 0 Å². The SMILES string of the molecule is CCc1ccc(N2C(=O)c3oc4ccc(F)cc4c(=O)c3C2c2ccccc2F)cc1. The molecule has 4 aromatic rings. The van der Waals surface area contributed by atoms with Crippen LogP contribution in [0.4, 0.5) is 14.5 Å². The Hall–Kier alpha value is -3.80. The van der Waals surface area contributed by atoms with Gasteiger partial charge in [0.05, 0.1) is 17.0 Å². The first-order chi connectivity index (χ1) is 15.0. The van der Waals surface area contributed by atoms with Crippen molar-refractivity contribution in [1.82, 2.24) is 0 Å². The molecule has 0 fully saturated rings. The molecule has 0 N–H and O–H groups in total. The maximum Gasteiger partial charge on any atom is 0.295 e. The van der Waals surface area contributed by atoms with E-state index < -0.39 is 29.0 Å². The smallest absolute Gasteiger partial charge is 0.295 e. The summed E-state index contributed by atoms with van der Waals surface area (Å²) in [6.45, 7) is 2.02. The molecule has 0 spiro atoms. The first-order valence-electron chi connectivity index (χ1n) is 9.92. The van der Waals surface area contributed by atoms with Crippen molar-refractivity contribution in [2.45, 2.75) is 19.4 Å². The molecule has 1 aliphatic heterocycles. The molecule has 0 radical (unpaired) electrons. The van der Waals surface area contributed by atoms with Crippen molar-refractivity contribution in [3.8, 4) is 0 Å². The van der Waals surface area contributed by atoms with E-state index in [1.165, 1.54) is 29.2 Å². The second-order valence-corrected chi connectivity index (χ2v) is 7.43. The summed E-state index contributed by atoms with van der Waals surface area (Å²) in [4.78, 5) is 28.1. The van der Waals surface area contributed by atoms with Crippen molar-refractivity contribution < 1.29 is 18.0 Å². The van der Waals surface area contributed by atoms with E-state index in [1.807, 2.05) is 19.1 Å². The summed E-state index contributed by atoms with van der Waals surface area (Å²) < 4.78 is 34.4. The molecular weight excluding hydrogens is 400 g/mol. The van der Waals surface area contributed by atoms with E-state index in [4.69, 9.17) is 4.42 Å². The predicted molar refractivity (Wildman–Crippen MR) is 113 cm³/mol. The highest BCUT2D eigenvalue weighted by Crippen LogP contribution is 2.42. The van der Waals surface area contributed by atoms with E-state index >= 15 is 0 Å². The molecule has 154 valence electrons. The van der Waals surface area contributed by atoms with Crippen molar-refractivity contribution in [2.24, 2.45) is 0 Å². The van der Waals surface area contributed by atoms with Crippen LogP contribution in [0, 0.1) is 11.6 Å². The molecule has 1 aromatic heterocycles. The van der Waals surface area contributed by atoms with E-state index in [1.54, 1.807) is 18.2 Å². The topological polar surface area (TPSA) is 50.5 Å². The average molecular weight is 417 g/mol. The van der Waals surface area contributed by atoms with E-state index in [9.17, 15) is 18.4 Å². The fourth-order valence-electron chi connectivity index (χ4n) is 4.09. The lowest BCUT2D eigenvalue weighted by Gasteiger charge is -2.25. The Morgan fingerprint density at radius 2 is 1.71 bits per heavy atom. The summed E-state index contributed by atoms with van der Waals surface area (Å²) in [5.74, 6) is -1.85. The third-order valence-electron chi connectivity index (χ3n) is 5.65. The highest BCUT2D eigenvalue weighted by Gasteiger charge is 2.44. The van der Waals surface area contributed by atoms with Crippen LogP contribution in [0.1, 0.15) is 40.2 Å². The summed E-state index contributed by atoms with van der Waals surface area (Å²) in [7, 11) is 0. The van der Waals surface area contributed by atoms with Gasteiger partial charge in [-0.15, -0.1) is 0 Å². The molecule has 1 atom stereocenters. The molecule has 5 rings (SSSR count). The van der Waals surface area contributed by atoms with Crippen LogP contribution in [0.2, 0.25) is 0 Å². The van der Waals surface area contributed by atoms with Gasteiger partial charge in [-0.25, -0.2) is 8.78 Å². The summed E-state index contributed by atoms with van der Waals surface area (Å²) in [5, 5.41) is 0.0103. The first-order valence-corrected chi connectivity index (χ1v) is 9.92. The zero-order chi connectivity index (χ0) is 21.7. The summed E-state index contributed by atoms with van der Waals surface area (Å²) in [6.07, 6.45) is 0.822. The molecule has 31 heavy (non-hydrogen) atoms. The number of aryl methyl sites for hydroxylation is 1. The lowest BCUT2D eigenvalue weighted by Crippen LogP contribution is -2.30. The van der Waals surface area contributed by atoms with E-state index in [0.717, 1.165) is 24.1 Å². The van der Waals surface area contributed by atoms with Gasteiger partial charge in [0.2, 0.25) is 5.76 Å². The van der Waals surface area contributed by atoms with Crippen LogP contribution >= 0.6 is 0 Å². The van der Waals surface area contributed by atoms with Crippen molar-refractivity contribution >= 4 is 22.6 Å². The second kappa shape index (κ2) is 7.16. The fraction of sp³-hybridized carbons (Fsp3) is 0.120. The zero-order valence-electron chi connectivity index (χ0n) is 16.6. The Morgan fingerprint density at radius 3 is 2.42 bits per heavy atom. The normalized spacial score (nSPS) is 15.5. The number of benzene rings is 3. The maximum absolute atomic E-state index is 14.8. The summed E-state index contributed by atoms with van der Waals surface area (Å²) >= 11 is 0. The molecule has 1 aliphatic rings. The van der Waals surface area contributed by atoms with Gasteiger partial charge in [0.15, 0.2) is 5.43 Å². The van der Waals surface area contributed by atoms with Gasteiger partial charge in [0.1, 0.15) is 17.2 Å². The summed E-state index contributed by atoms with van der Waals surface area (Å²) in [5.41, 5.74) is 1.31.